The number of hydrogen-bond donors (Lipinski definition) is 2. The summed E-state index contributed by atoms with van der Waals surface area (Å²) in [5, 5.41) is 16.5. The Balaban J connectivity index is 1.49. The number of aliphatic hydroxyl groups is 1. The minimum Gasteiger partial charge on any atom is -0.389 e. The van der Waals surface area contributed by atoms with Crippen LogP contribution in [0.1, 0.15) is 13.8 Å². The first-order valence-electron chi connectivity index (χ1n) is 13.5. The number of nitrogens with zero attached hydrogens (tertiary/aromatic N) is 2. The minimum atomic E-state index is -0.583. The Morgan fingerprint density at radius 1 is 0.737 bits per heavy atom. The van der Waals surface area contributed by atoms with Crippen LogP contribution in [0.5, 0.6) is 0 Å². The summed E-state index contributed by atoms with van der Waals surface area (Å²) >= 11 is 0. The van der Waals surface area contributed by atoms with Gasteiger partial charge in [-0.25, -0.2) is 0 Å². The Morgan fingerprint density at radius 2 is 1.24 bits per heavy atom. The SMILES string of the molecule is CC(C)NCC(O)COC(CN(c1ccccc1)c1ccccc1)Cn1c2ccccc2c2ccccc21. The average Bonchev–Trinajstić information content (AvgIpc) is 3.27. The molecular weight excluding hydrogens is 470 g/mol. The molecule has 1 aromatic heterocycles. The van der Waals surface area contributed by atoms with Crippen LogP contribution in [-0.2, 0) is 11.3 Å². The summed E-state index contributed by atoms with van der Waals surface area (Å²) in [7, 11) is 0. The van der Waals surface area contributed by atoms with Crippen molar-refractivity contribution in [3.8, 4) is 0 Å². The maximum Gasteiger partial charge on any atom is 0.0934 e. The van der Waals surface area contributed by atoms with E-state index in [1.807, 2.05) is 12.1 Å². The molecule has 5 rings (SSSR count). The molecule has 0 aliphatic carbocycles. The molecule has 0 spiro atoms. The lowest BCUT2D eigenvalue weighted by molar-refractivity contribution is -0.0110. The zero-order chi connectivity index (χ0) is 26.3. The maximum atomic E-state index is 10.7. The van der Waals surface area contributed by atoms with E-state index in [-0.39, 0.29) is 12.7 Å². The van der Waals surface area contributed by atoms with Crippen LogP contribution in [0.25, 0.3) is 21.8 Å². The molecule has 0 radical (unpaired) electrons. The quantitative estimate of drug-likeness (QED) is 0.206. The van der Waals surface area contributed by atoms with E-state index in [1.165, 1.54) is 21.8 Å². The first-order valence-corrected chi connectivity index (χ1v) is 13.5. The summed E-state index contributed by atoms with van der Waals surface area (Å²) in [5.74, 6) is 0. The highest BCUT2D eigenvalue weighted by Gasteiger charge is 2.21. The molecule has 5 nitrogen and oxygen atoms in total. The predicted octanol–water partition coefficient (Wildman–Crippen LogP) is 6.38. The molecule has 0 aliphatic rings. The highest BCUT2D eigenvalue weighted by atomic mass is 16.5. The van der Waals surface area contributed by atoms with E-state index in [4.69, 9.17) is 4.74 Å². The summed E-state index contributed by atoms with van der Waals surface area (Å²) in [6.07, 6.45) is -0.761. The number of ether oxygens (including phenoxy) is 1. The first kappa shape index (κ1) is 26.0. The summed E-state index contributed by atoms with van der Waals surface area (Å²) in [6.45, 7) is 6.22. The second-order valence-corrected chi connectivity index (χ2v) is 10.1. The van der Waals surface area contributed by atoms with Gasteiger partial charge in [0.05, 0.1) is 31.9 Å². The average molecular weight is 508 g/mol. The van der Waals surface area contributed by atoms with E-state index in [1.54, 1.807) is 0 Å². The van der Waals surface area contributed by atoms with Crippen molar-refractivity contribution in [2.75, 3.05) is 24.6 Å². The maximum absolute atomic E-state index is 10.7. The van der Waals surface area contributed by atoms with Crippen molar-refractivity contribution in [3.05, 3.63) is 109 Å². The minimum absolute atomic E-state index is 0.177. The molecule has 2 N–H and O–H groups in total. The van der Waals surface area contributed by atoms with Gasteiger partial charge in [0, 0.05) is 45.8 Å². The number of aliphatic hydroxyl groups excluding tert-OH is 1. The number of anilines is 2. The lowest BCUT2D eigenvalue weighted by Gasteiger charge is -2.31. The van der Waals surface area contributed by atoms with Crippen molar-refractivity contribution in [2.45, 2.75) is 38.6 Å². The number of hydrogen-bond acceptors (Lipinski definition) is 4. The topological polar surface area (TPSA) is 49.7 Å². The van der Waals surface area contributed by atoms with Crippen molar-refractivity contribution in [1.29, 1.82) is 0 Å². The number of para-hydroxylation sites is 4. The zero-order valence-electron chi connectivity index (χ0n) is 22.2. The molecule has 4 aromatic carbocycles. The van der Waals surface area contributed by atoms with E-state index in [2.05, 4.69) is 126 Å². The van der Waals surface area contributed by atoms with Gasteiger partial charge < -0.3 is 24.6 Å². The number of fused-ring (bicyclic) bond motifs is 3. The highest BCUT2D eigenvalue weighted by Crippen LogP contribution is 2.30. The van der Waals surface area contributed by atoms with Gasteiger partial charge in [-0.15, -0.1) is 0 Å². The third-order valence-corrected chi connectivity index (χ3v) is 6.87. The molecular formula is C33H37N3O2. The Hall–Kier alpha value is -3.64. The third-order valence-electron chi connectivity index (χ3n) is 6.87. The van der Waals surface area contributed by atoms with Gasteiger partial charge in [0.2, 0.25) is 0 Å². The molecule has 196 valence electrons. The van der Waals surface area contributed by atoms with Crippen molar-refractivity contribution >= 4 is 33.2 Å². The van der Waals surface area contributed by atoms with Gasteiger partial charge in [-0.3, -0.25) is 0 Å². The molecule has 2 unspecified atom stereocenters. The Labute approximate surface area is 225 Å². The van der Waals surface area contributed by atoms with Gasteiger partial charge in [-0.05, 0) is 36.4 Å². The number of benzene rings is 4. The van der Waals surface area contributed by atoms with Crippen LogP contribution in [-0.4, -0.2) is 47.6 Å². The second kappa shape index (κ2) is 12.3. The number of aromatic nitrogens is 1. The van der Waals surface area contributed by atoms with Crippen molar-refractivity contribution in [3.63, 3.8) is 0 Å². The van der Waals surface area contributed by atoms with E-state index in [0.717, 1.165) is 11.4 Å². The van der Waals surface area contributed by atoms with Crippen molar-refractivity contribution in [1.82, 2.24) is 9.88 Å². The third kappa shape index (κ3) is 6.08. The second-order valence-electron chi connectivity index (χ2n) is 10.1. The molecule has 0 saturated heterocycles. The lowest BCUT2D eigenvalue weighted by Crippen LogP contribution is -2.39. The van der Waals surface area contributed by atoms with Crippen LogP contribution in [0.15, 0.2) is 109 Å². The summed E-state index contributed by atoms with van der Waals surface area (Å²) < 4.78 is 8.89. The standard InChI is InChI=1S/C33H37N3O2/c1-25(2)34-21-28(37)24-38-29(22-35(26-13-5-3-6-14-26)27-15-7-4-8-16-27)23-36-32-19-11-9-17-30(32)31-18-10-12-20-33(31)36/h3-20,25,28-29,34,37H,21-24H2,1-2H3. The van der Waals surface area contributed by atoms with Crippen LogP contribution in [0.4, 0.5) is 11.4 Å². The predicted molar refractivity (Wildman–Crippen MR) is 158 cm³/mol. The first-order chi connectivity index (χ1) is 18.6. The fourth-order valence-corrected chi connectivity index (χ4v) is 5.02. The van der Waals surface area contributed by atoms with Crippen LogP contribution >= 0.6 is 0 Å². The monoisotopic (exact) mass is 507 g/mol. The van der Waals surface area contributed by atoms with Gasteiger partial charge in [0.25, 0.3) is 0 Å². The summed E-state index contributed by atoms with van der Waals surface area (Å²) in [4.78, 5) is 2.30. The smallest absolute Gasteiger partial charge is 0.0934 e. The van der Waals surface area contributed by atoms with Crippen LogP contribution < -0.4 is 10.2 Å². The molecule has 0 bridgehead atoms. The Bertz CT molecular complexity index is 1340. The molecule has 0 amide bonds. The molecule has 0 fully saturated rings. The van der Waals surface area contributed by atoms with Gasteiger partial charge in [-0.2, -0.15) is 0 Å². The van der Waals surface area contributed by atoms with Crippen LogP contribution in [0, 0.1) is 0 Å². The normalized spacial score (nSPS) is 13.3. The number of nitrogens with one attached hydrogen (secondary N) is 1. The number of rotatable bonds is 12. The van der Waals surface area contributed by atoms with Crippen LogP contribution in [0.2, 0.25) is 0 Å². The molecule has 5 aromatic rings. The summed E-state index contributed by atoms with van der Waals surface area (Å²) in [6, 6.07) is 38.3. The van der Waals surface area contributed by atoms with E-state index < -0.39 is 6.10 Å². The Kier molecular flexibility index (Phi) is 8.39. The van der Waals surface area contributed by atoms with Gasteiger partial charge in [-0.1, -0.05) is 86.6 Å². The molecule has 2 atom stereocenters. The summed E-state index contributed by atoms with van der Waals surface area (Å²) in [5.41, 5.74) is 4.60. The van der Waals surface area contributed by atoms with Gasteiger partial charge in [0.15, 0.2) is 0 Å². The van der Waals surface area contributed by atoms with Gasteiger partial charge >= 0.3 is 0 Å². The lowest BCUT2D eigenvalue weighted by atomic mass is 10.2. The zero-order valence-corrected chi connectivity index (χ0v) is 22.2. The molecule has 5 heteroatoms. The molecule has 0 saturated carbocycles. The van der Waals surface area contributed by atoms with Crippen LogP contribution in [0.3, 0.4) is 0 Å². The van der Waals surface area contributed by atoms with Crippen molar-refractivity contribution in [2.24, 2.45) is 0 Å². The fraction of sp³-hybridized carbons (Fsp3) is 0.273. The van der Waals surface area contributed by atoms with E-state index in [0.29, 0.717) is 25.7 Å². The molecule has 38 heavy (non-hydrogen) atoms. The largest absolute Gasteiger partial charge is 0.389 e. The van der Waals surface area contributed by atoms with Crippen molar-refractivity contribution < 1.29 is 9.84 Å². The molecule has 0 aliphatic heterocycles. The fourth-order valence-electron chi connectivity index (χ4n) is 5.02. The Morgan fingerprint density at radius 3 is 1.76 bits per heavy atom. The van der Waals surface area contributed by atoms with E-state index in [9.17, 15) is 5.11 Å². The van der Waals surface area contributed by atoms with E-state index >= 15 is 0 Å². The molecule has 1 heterocycles. The van der Waals surface area contributed by atoms with Gasteiger partial charge in [0.1, 0.15) is 0 Å². The highest BCUT2D eigenvalue weighted by molar-refractivity contribution is 6.07.